The first-order chi connectivity index (χ1) is 10.0. The van der Waals surface area contributed by atoms with Crippen molar-refractivity contribution in [3.8, 4) is 5.75 Å². The van der Waals surface area contributed by atoms with E-state index in [0.717, 1.165) is 12.2 Å². The van der Waals surface area contributed by atoms with Crippen molar-refractivity contribution in [2.45, 2.75) is 6.92 Å². The molecule has 0 aliphatic carbocycles. The number of para-hydroxylation sites is 1. The largest absolute Gasteiger partial charge is 0.489 e. The lowest BCUT2D eigenvalue weighted by Gasteiger charge is -2.26. The molecule has 1 aliphatic heterocycles. The van der Waals surface area contributed by atoms with Gasteiger partial charge in [0.2, 0.25) is 5.91 Å². The molecule has 0 spiro atoms. The molecular weight excluding hydrogens is 270 g/mol. The van der Waals surface area contributed by atoms with E-state index in [4.69, 9.17) is 4.74 Å². The Labute approximate surface area is 124 Å². The van der Waals surface area contributed by atoms with Crippen LogP contribution in [-0.2, 0) is 4.79 Å². The third kappa shape index (κ3) is 3.26. The zero-order valence-corrected chi connectivity index (χ0v) is 12.7. The maximum absolute atomic E-state index is 12.7. The van der Waals surface area contributed by atoms with Gasteiger partial charge in [-0.3, -0.25) is 9.59 Å². The van der Waals surface area contributed by atoms with E-state index in [2.05, 4.69) is 5.32 Å². The average molecular weight is 291 g/mol. The van der Waals surface area contributed by atoms with Crippen LogP contribution in [0.25, 0.3) is 0 Å². The molecule has 6 nitrogen and oxygen atoms in total. The highest BCUT2D eigenvalue weighted by Gasteiger charge is 2.24. The van der Waals surface area contributed by atoms with Crippen molar-refractivity contribution in [2.24, 2.45) is 0 Å². The fraction of sp³-hybridized carbons (Fsp3) is 0.467. The number of anilines is 1. The number of hydrogen-bond donors (Lipinski definition) is 1. The highest BCUT2D eigenvalue weighted by molar-refractivity contribution is 6.00. The molecule has 0 radical (unpaired) electrons. The van der Waals surface area contributed by atoms with Crippen LogP contribution in [0, 0.1) is 0 Å². The van der Waals surface area contributed by atoms with Crippen molar-refractivity contribution in [1.82, 2.24) is 9.80 Å². The maximum atomic E-state index is 12.7. The van der Waals surface area contributed by atoms with Crippen molar-refractivity contribution in [3.05, 3.63) is 23.8 Å². The summed E-state index contributed by atoms with van der Waals surface area (Å²) in [4.78, 5) is 27.5. The number of likely N-dealkylation sites (N-methyl/N-ethyl adjacent to an activating group) is 2. The van der Waals surface area contributed by atoms with Crippen molar-refractivity contribution < 1.29 is 14.3 Å². The van der Waals surface area contributed by atoms with Gasteiger partial charge >= 0.3 is 0 Å². The summed E-state index contributed by atoms with van der Waals surface area (Å²) in [7, 11) is 3.36. The predicted octanol–water partition coefficient (Wildman–Crippen LogP) is 1.04. The molecule has 0 aromatic heterocycles. The second kappa shape index (κ2) is 6.47. The second-order valence-corrected chi connectivity index (χ2v) is 5.06. The zero-order chi connectivity index (χ0) is 15.4. The molecule has 0 atom stereocenters. The topological polar surface area (TPSA) is 61.9 Å². The minimum Gasteiger partial charge on any atom is -0.489 e. The fourth-order valence-corrected chi connectivity index (χ4v) is 2.14. The molecule has 0 saturated heterocycles. The number of carbonyl (C=O) groups is 2. The Bertz CT molecular complexity index is 543. The van der Waals surface area contributed by atoms with E-state index in [9.17, 15) is 9.59 Å². The molecule has 0 bridgehead atoms. The lowest BCUT2D eigenvalue weighted by atomic mass is 10.1. The molecule has 1 aromatic rings. The molecule has 1 aromatic carbocycles. The van der Waals surface area contributed by atoms with Gasteiger partial charge in [0.25, 0.3) is 5.91 Å². The molecule has 21 heavy (non-hydrogen) atoms. The summed E-state index contributed by atoms with van der Waals surface area (Å²) in [5.41, 5.74) is 1.31. The van der Waals surface area contributed by atoms with Gasteiger partial charge in [0.15, 0.2) is 5.75 Å². The number of rotatable bonds is 4. The van der Waals surface area contributed by atoms with E-state index >= 15 is 0 Å². The summed E-state index contributed by atoms with van der Waals surface area (Å²) in [5.74, 6) is 0.284. The molecule has 1 N–H and O–H groups in total. The second-order valence-electron chi connectivity index (χ2n) is 5.06. The Balaban J connectivity index is 2.24. The van der Waals surface area contributed by atoms with E-state index in [0.29, 0.717) is 24.5 Å². The van der Waals surface area contributed by atoms with Crippen molar-refractivity contribution >= 4 is 17.5 Å². The molecular formula is C15H21N3O3. The summed E-state index contributed by atoms with van der Waals surface area (Å²) < 4.78 is 5.62. The average Bonchev–Trinajstić information content (AvgIpc) is 2.51. The summed E-state index contributed by atoms with van der Waals surface area (Å²) in [6.45, 7) is 3.64. The number of benzene rings is 1. The first-order valence-corrected chi connectivity index (χ1v) is 7.03. The number of nitrogens with zero attached hydrogens (tertiary/aromatic N) is 2. The zero-order valence-electron chi connectivity index (χ0n) is 12.7. The van der Waals surface area contributed by atoms with Gasteiger partial charge in [-0.25, -0.2) is 0 Å². The molecule has 1 heterocycles. The first kappa shape index (κ1) is 15.2. The Morgan fingerprint density at radius 3 is 2.76 bits per heavy atom. The van der Waals surface area contributed by atoms with E-state index < -0.39 is 0 Å². The SMILES string of the molecule is CCN(CC(=O)N(C)C)C(=O)c1cccc2c1OCCN2. The molecule has 0 saturated carbocycles. The first-order valence-electron chi connectivity index (χ1n) is 7.03. The van der Waals surface area contributed by atoms with Crippen molar-refractivity contribution in [2.75, 3.05) is 45.7 Å². The quantitative estimate of drug-likeness (QED) is 0.900. The van der Waals surface area contributed by atoms with Crippen LogP contribution in [0.2, 0.25) is 0 Å². The Kier molecular flexibility index (Phi) is 4.67. The van der Waals surface area contributed by atoms with Gasteiger partial charge in [0.05, 0.1) is 17.8 Å². The van der Waals surface area contributed by atoms with Crippen LogP contribution >= 0.6 is 0 Å². The standard InChI is InChI=1S/C15H21N3O3/c1-4-18(10-13(19)17(2)3)15(20)11-6-5-7-12-14(11)21-9-8-16-12/h5-7,16H,4,8-10H2,1-3H3. The number of fused-ring (bicyclic) bond motifs is 1. The molecule has 6 heteroatoms. The van der Waals surface area contributed by atoms with Crippen LogP contribution < -0.4 is 10.1 Å². The van der Waals surface area contributed by atoms with Gasteiger partial charge in [0, 0.05) is 27.2 Å². The van der Waals surface area contributed by atoms with Crippen LogP contribution in [-0.4, -0.2) is 62.0 Å². The van der Waals surface area contributed by atoms with Crippen molar-refractivity contribution in [3.63, 3.8) is 0 Å². The van der Waals surface area contributed by atoms with Gasteiger partial charge < -0.3 is 19.9 Å². The lowest BCUT2D eigenvalue weighted by molar-refractivity contribution is -0.129. The molecule has 0 unspecified atom stereocenters. The fourth-order valence-electron chi connectivity index (χ4n) is 2.14. The van der Waals surface area contributed by atoms with E-state index in [1.54, 1.807) is 20.2 Å². The minimum absolute atomic E-state index is 0.0689. The summed E-state index contributed by atoms with van der Waals surface area (Å²) in [5, 5.41) is 3.20. The van der Waals surface area contributed by atoms with Gasteiger partial charge in [-0.15, -0.1) is 0 Å². The summed E-state index contributed by atoms with van der Waals surface area (Å²) in [6, 6.07) is 5.43. The Hall–Kier alpha value is -2.24. The lowest BCUT2D eigenvalue weighted by Crippen LogP contribution is -2.40. The number of nitrogens with one attached hydrogen (secondary N) is 1. The van der Waals surface area contributed by atoms with E-state index in [-0.39, 0.29) is 18.4 Å². The van der Waals surface area contributed by atoms with Crippen LogP contribution in [0.4, 0.5) is 5.69 Å². The van der Waals surface area contributed by atoms with Crippen LogP contribution in [0.5, 0.6) is 5.75 Å². The third-order valence-electron chi connectivity index (χ3n) is 3.40. The molecule has 2 rings (SSSR count). The molecule has 2 amide bonds. The van der Waals surface area contributed by atoms with Gasteiger partial charge in [-0.2, -0.15) is 0 Å². The maximum Gasteiger partial charge on any atom is 0.258 e. The number of hydrogen-bond acceptors (Lipinski definition) is 4. The monoisotopic (exact) mass is 291 g/mol. The van der Waals surface area contributed by atoms with E-state index in [1.807, 2.05) is 19.1 Å². The smallest absolute Gasteiger partial charge is 0.258 e. The number of carbonyl (C=O) groups excluding carboxylic acids is 2. The molecule has 114 valence electrons. The highest BCUT2D eigenvalue weighted by atomic mass is 16.5. The minimum atomic E-state index is -0.187. The van der Waals surface area contributed by atoms with Gasteiger partial charge in [-0.05, 0) is 19.1 Å². The summed E-state index contributed by atoms with van der Waals surface area (Å²) in [6.07, 6.45) is 0. The van der Waals surface area contributed by atoms with Crippen molar-refractivity contribution in [1.29, 1.82) is 0 Å². The summed E-state index contributed by atoms with van der Waals surface area (Å²) >= 11 is 0. The Morgan fingerprint density at radius 2 is 2.10 bits per heavy atom. The molecule has 0 fully saturated rings. The van der Waals surface area contributed by atoms with Crippen LogP contribution in [0.1, 0.15) is 17.3 Å². The number of ether oxygens (including phenoxy) is 1. The van der Waals surface area contributed by atoms with Gasteiger partial charge in [-0.1, -0.05) is 6.07 Å². The van der Waals surface area contributed by atoms with Gasteiger partial charge in [0.1, 0.15) is 6.61 Å². The number of amides is 2. The Morgan fingerprint density at radius 1 is 1.33 bits per heavy atom. The van der Waals surface area contributed by atoms with E-state index in [1.165, 1.54) is 9.80 Å². The van der Waals surface area contributed by atoms with Crippen LogP contribution in [0.3, 0.4) is 0 Å². The highest BCUT2D eigenvalue weighted by Crippen LogP contribution is 2.31. The normalized spacial score (nSPS) is 12.7. The molecule has 1 aliphatic rings. The predicted molar refractivity (Wildman–Crippen MR) is 80.7 cm³/mol. The third-order valence-corrected chi connectivity index (χ3v) is 3.40. The van der Waals surface area contributed by atoms with Crippen LogP contribution in [0.15, 0.2) is 18.2 Å².